The van der Waals surface area contributed by atoms with Crippen molar-refractivity contribution in [2.75, 3.05) is 12.4 Å². The molecule has 1 amide bonds. The average molecular weight is 300 g/mol. The van der Waals surface area contributed by atoms with Gasteiger partial charge in [-0.25, -0.2) is 0 Å². The number of hydrogen-bond acceptors (Lipinski definition) is 4. The summed E-state index contributed by atoms with van der Waals surface area (Å²) in [4.78, 5) is 23.1. The van der Waals surface area contributed by atoms with Crippen LogP contribution in [0.1, 0.15) is 21.5 Å². The lowest BCUT2D eigenvalue weighted by molar-refractivity contribution is -0.384. The maximum Gasteiger partial charge on any atom is 0.293 e. The highest BCUT2D eigenvalue weighted by Gasteiger charge is 2.21. The van der Waals surface area contributed by atoms with Crippen molar-refractivity contribution >= 4 is 17.3 Å². The molecular weight excluding hydrogens is 284 g/mol. The third-order valence-electron chi connectivity index (χ3n) is 3.50. The smallest absolute Gasteiger partial charge is 0.293 e. The molecular formula is C16H16N2O4. The van der Waals surface area contributed by atoms with Crippen LogP contribution in [0, 0.1) is 24.0 Å². The molecule has 6 heteroatoms. The Morgan fingerprint density at radius 2 is 1.86 bits per heavy atom. The summed E-state index contributed by atoms with van der Waals surface area (Å²) in [7, 11) is 1.46. The topological polar surface area (TPSA) is 81.5 Å². The highest BCUT2D eigenvalue weighted by molar-refractivity contribution is 6.07. The molecule has 0 heterocycles. The van der Waals surface area contributed by atoms with Crippen LogP contribution in [0.2, 0.25) is 0 Å². The summed E-state index contributed by atoms with van der Waals surface area (Å²) in [5.74, 6) is -0.0396. The zero-order valence-corrected chi connectivity index (χ0v) is 12.5. The Balaban J connectivity index is 2.44. The van der Waals surface area contributed by atoms with Crippen molar-refractivity contribution in [2.45, 2.75) is 13.8 Å². The molecule has 0 aliphatic carbocycles. The lowest BCUT2D eigenvalue weighted by Crippen LogP contribution is -2.15. The monoisotopic (exact) mass is 300 g/mol. The van der Waals surface area contributed by atoms with E-state index < -0.39 is 10.8 Å². The highest BCUT2D eigenvalue weighted by atomic mass is 16.6. The molecule has 0 bridgehead atoms. The summed E-state index contributed by atoms with van der Waals surface area (Å²) in [6.45, 7) is 3.57. The number of ether oxygens (including phenoxy) is 1. The van der Waals surface area contributed by atoms with Gasteiger partial charge in [0.05, 0.1) is 17.6 Å². The minimum atomic E-state index is -0.510. The number of carbonyl (C=O) groups is 1. The van der Waals surface area contributed by atoms with Crippen LogP contribution in [0.4, 0.5) is 11.4 Å². The van der Waals surface area contributed by atoms with Gasteiger partial charge in [0.25, 0.3) is 11.6 Å². The second-order valence-corrected chi connectivity index (χ2v) is 4.81. The molecule has 1 N–H and O–H groups in total. The van der Waals surface area contributed by atoms with E-state index in [1.165, 1.54) is 13.2 Å². The molecule has 6 nitrogen and oxygen atoms in total. The van der Waals surface area contributed by atoms with E-state index in [1.807, 2.05) is 6.92 Å². The molecule has 0 spiro atoms. The SMILES string of the molecule is COc1ccccc1C(=O)Nc1c([N+](=O)[O-])ccc(C)c1C. The third kappa shape index (κ3) is 2.90. The van der Waals surface area contributed by atoms with Crippen LogP contribution < -0.4 is 10.1 Å². The first-order chi connectivity index (χ1) is 10.5. The van der Waals surface area contributed by atoms with Gasteiger partial charge >= 0.3 is 0 Å². The van der Waals surface area contributed by atoms with Crippen LogP contribution in [-0.2, 0) is 0 Å². The van der Waals surface area contributed by atoms with Crippen molar-refractivity contribution in [3.63, 3.8) is 0 Å². The van der Waals surface area contributed by atoms with Crippen LogP contribution in [0.5, 0.6) is 5.75 Å². The first-order valence-corrected chi connectivity index (χ1v) is 6.64. The molecule has 0 saturated heterocycles. The minimum absolute atomic E-state index is 0.133. The fraction of sp³-hybridized carbons (Fsp3) is 0.188. The van der Waals surface area contributed by atoms with Crippen LogP contribution in [-0.4, -0.2) is 17.9 Å². The van der Waals surface area contributed by atoms with E-state index in [0.29, 0.717) is 16.9 Å². The van der Waals surface area contributed by atoms with Gasteiger partial charge in [-0.2, -0.15) is 0 Å². The van der Waals surface area contributed by atoms with Crippen molar-refractivity contribution in [3.8, 4) is 5.75 Å². The summed E-state index contributed by atoms with van der Waals surface area (Å²) in [6, 6.07) is 9.76. The molecule has 0 aliphatic rings. The van der Waals surface area contributed by atoms with Crippen LogP contribution >= 0.6 is 0 Å². The molecule has 0 unspecified atom stereocenters. The molecule has 0 radical (unpaired) electrons. The Morgan fingerprint density at radius 3 is 2.50 bits per heavy atom. The number of rotatable bonds is 4. The molecule has 0 aliphatic heterocycles. The largest absolute Gasteiger partial charge is 0.496 e. The van der Waals surface area contributed by atoms with E-state index in [9.17, 15) is 14.9 Å². The number of aryl methyl sites for hydroxylation is 1. The summed E-state index contributed by atoms with van der Waals surface area (Å²) < 4.78 is 5.14. The van der Waals surface area contributed by atoms with Gasteiger partial charge in [-0.15, -0.1) is 0 Å². The summed E-state index contributed by atoms with van der Waals surface area (Å²) in [5.41, 5.74) is 1.92. The van der Waals surface area contributed by atoms with E-state index in [1.54, 1.807) is 37.3 Å². The summed E-state index contributed by atoms with van der Waals surface area (Å²) in [6.07, 6.45) is 0. The number of amides is 1. The fourth-order valence-electron chi connectivity index (χ4n) is 2.12. The number of methoxy groups -OCH3 is 1. The first-order valence-electron chi connectivity index (χ1n) is 6.64. The standard InChI is InChI=1S/C16H16N2O4/c1-10-8-9-13(18(20)21)15(11(10)2)17-16(19)12-6-4-5-7-14(12)22-3/h4-9H,1-3H3,(H,17,19). The van der Waals surface area contributed by atoms with Crippen LogP contribution in [0.15, 0.2) is 36.4 Å². The number of carbonyl (C=O) groups excluding carboxylic acids is 1. The number of hydrogen-bond donors (Lipinski definition) is 1. The number of nitro groups is 1. The molecule has 114 valence electrons. The highest BCUT2D eigenvalue weighted by Crippen LogP contribution is 2.31. The van der Waals surface area contributed by atoms with Crippen molar-refractivity contribution in [1.82, 2.24) is 0 Å². The molecule has 0 atom stereocenters. The Bertz CT molecular complexity index is 741. The number of nitro benzene ring substituents is 1. The van der Waals surface area contributed by atoms with Gasteiger partial charge in [0.15, 0.2) is 0 Å². The summed E-state index contributed by atoms with van der Waals surface area (Å²) >= 11 is 0. The lowest BCUT2D eigenvalue weighted by atomic mass is 10.1. The maximum atomic E-state index is 12.4. The van der Waals surface area contributed by atoms with Gasteiger partial charge in [-0.1, -0.05) is 18.2 Å². The molecule has 2 aromatic rings. The van der Waals surface area contributed by atoms with Gasteiger partial charge in [-0.05, 0) is 37.1 Å². The summed E-state index contributed by atoms with van der Waals surface area (Å²) in [5, 5.41) is 13.8. The van der Waals surface area contributed by atoms with Gasteiger partial charge in [0.2, 0.25) is 0 Å². The van der Waals surface area contributed by atoms with E-state index in [2.05, 4.69) is 5.32 Å². The molecule has 0 aromatic heterocycles. The van der Waals surface area contributed by atoms with Crippen LogP contribution in [0.3, 0.4) is 0 Å². The van der Waals surface area contributed by atoms with Gasteiger partial charge in [0, 0.05) is 6.07 Å². The number of nitrogens with zero attached hydrogens (tertiary/aromatic N) is 1. The number of anilines is 1. The van der Waals surface area contributed by atoms with E-state index in [4.69, 9.17) is 4.74 Å². The fourth-order valence-corrected chi connectivity index (χ4v) is 2.12. The number of para-hydroxylation sites is 1. The minimum Gasteiger partial charge on any atom is -0.496 e. The second-order valence-electron chi connectivity index (χ2n) is 4.81. The first kappa shape index (κ1) is 15.5. The van der Waals surface area contributed by atoms with E-state index >= 15 is 0 Å². The number of benzene rings is 2. The second kappa shape index (κ2) is 6.26. The predicted octanol–water partition coefficient (Wildman–Crippen LogP) is 3.47. The lowest BCUT2D eigenvalue weighted by Gasteiger charge is -2.12. The van der Waals surface area contributed by atoms with Gasteiger partial charge in [0.1, 0.15) is 11.4 Å². The molecule has 0 saturated carbocycles. The zero-order valence-electron chi connectivity index (χ0n) is 12.5. The van der Waals surface area contributed by atoms with Crippen molar-refractivity contribution in [2.24, 2.45) is 0 Å². The Morgan fingerprint density at radius 1 is 1.18 bits per heavy atom. The van der Waals surface area contributed by atoms with Crippen molar-refractivity contribution < 1.29 is 14.5 Å². The van der Waals surface area contributed by atoms with Gasteiger partial charge in [-0.3, -0.25) is 14.9 Å². The maximum absolute atomic E-state index is 12.4. The Labute approximate surface area is 127 Å². The van der Waals surface area contributed by atoms with Crippen LogP contribution in [0.25, 0.3) is 0 Å². The third-order valence-corrected chi connectivity index (χ3v) is 3.50. The predicted molar refractivity (Wildman–Crippen MR) is 83.5 cm³/mol. The Hall–Kier alpha value is -2.89. The molecule has 22 heavy (non-hydrogen) atoms. The van der Waals surface area contributed by atoms with E-state index in [-0.39, 0.29) is 11.4 Å². The number of nitrogens with one attached hydrogen (secondary N) is 1. The van der Waals surface area contributed by atoms with E-state index in [0.717, 1.165) is 5.56 Å². The van der Waals surface area contributed by atoms with Crippen molar-refractivity contribution in [3.05, 3.63) is 63.2 Å². The average Bonchev–Trinajstić information content (AvgIpc) is 2.51. The normalized spacial score (nSPS) is 10.1. The molecule has 2 aromatic carbocycles. The van der Waals surface area contributed by atoms with Gasteiger partial charge < -0.3 is 10.1 Å². The quantitative estimate of drug-likeness (QED) is 0.692. The Kier molecular flexibility index (Phi) is 4.41. The van der Waals surface area contributed by atoms with Crippen molar-refractivity contribution in [1.29, 1.82) is 0 Å². The molecule has 0 fully saturated rings. The zero-order chi connectivity index (χ0) is 16.3. The molecule has 2 rings (SSSR count).